The highest BCUT2D eigenvalue weighted by molar-refractivity contribution is 5.96. The van der Waals surface area contributed by atoms with Gasteiger partial charge in [0.25, 0.3) is 5.91 Å². The highest BCUT2D eigenvalue weighted by Crippen LogP contribution is 2.30. The average molecular weight is 364 g/mol. The van der Waals surface area contributed by atoms with E-state index in [0.717, 1.165) is 12.8 Å². The fraction of sp³-hybridized carbons (Fsp3) is 0.238. The van der Waals surface area contributed by atoms with Crippen LogP contribution in [-0.2, 0) is 17.9 Å². The van der Waals surface area contributed by atoms with Crippen molar-refractivity contribution in [3.8, 4) is 0 Å². The molecule has 1 fully saturated rings. The lowest BCUT2D eigenvalue weighted by atomic mass is 10.1. The summed E-state index contributed by atoms with van der Waals surface area (Å²) in [5.74, 6) is 1.45. The fourth-order valence-corrected chi connectivity index (χ4v) is 2.85. The zero-order valence-corrected chi connectivity index (χ0v) is 14.8. The Hall–Kier alpha value is -3.28. The Labute approximate surface area is 156 Å². The van der Waals surface area contributed by atoms with E-state index >= 15 is 0 Å². The van der Waals surface area contributed by atoms with Crippen LogP contribution in [0.1, 0.15) is 34.7 Å². The second-order valence-corrected chi connectivity index (χ2v) is 6.66. The summed E-state index contributed by atoms with van der Waals surface area (Å²) in [6, 6.07) is 14.2. The van der Waals surface area contributed by atoms with Crippen molar-refractivity contribution in [2.24, 2.45) is 5.92 Å². The lowest BCUT2D eigenvalue weighted by Crippen LogP contribution is -2.29. The standard InChI is InChI=1S/C21H20N2O4/c24-20(15-5-6-15)22-17-9-7-16(8-10-17)21(25)23(13-18-3-1-11-26-18)14-19-4-2-12-27-19/h1-4,7-12,15H,5-6,13-14H2,(H,22,24). The van der Waals surface area contributed by atoms with Crippen LogP contribution in [0, 0.1) is 5.92 Å². The summed E-state index contributed by atoms with van der Waals surface area (Å²) in [5.41, 5.74) is 1.24. The van der Waals surface area contributed by atoms with Gasteiger partial charge in [-0.25, -0.2) is 0 Å². The Morgan fingerprint density at radius 1 is 0.926 bits per heavy atom. The molecule has 0 saturated heterocycles. The second kappa shape index (κ2) is 7.53. The number of anilines is 1. The topological polar surface area (TPSA) is 75.7 Å². The molecule has 4 rings (SSSR count). The van der Waals surface area contributed by atoms with Gasteiger partial charge < -0.3 is 19.1 Å². The molecule has 1 aromatic carbocycles. The summed E-state index contributed by atoms with van der Waals surface area (Å²) >= 11 is 0. The zero-order chi connectivity index (χ0) is 18.6. The number of hydrogen-bond donors (Lipinski definition) is 1. The molecule has 2 aromatic heterocycles. The van der Waals surface area contributed by atoms with Crippen LogP contribution in [0.5, 0.6) is 0 Å². The number of rotatable bonds is 7. The van der Waals surface area contributed by atoms with Gasteiger partial charge in [-0.05, 0) is 61.4 Å². The summed E-state index contributed by atoms with van der Waals surface area (Å²) < 4.78 is 10.8. The first-order valence-electron chi connectivity index (χ1n) is 8.94. The Bertz CT molecular complexity index is 858. The third kappa shape index (κ3) is 4.28. The molecule has 2 amide bonds. The maximum Gasteiger partial charge on any atom is 0.254 e. The molecule has 1 saturated carbocycles. The third-order valence-corrected chi connectivity index (χ3v) is 4.49. The van der Waals surface area contributed by atoms with Crippen LogP contribution in [0.3, 0.4) is 0 Å². The molecule has 27 heavy (non-hydrogen) atoms. The predicted molar refractivity (Wildman–Crippen MR) is 98.8 cm³/mol. The molecule has 0 aliphatic heterocycles. The lowest BCUT2D eigenvalue weighted by Gasteiger charge is -2.21. The Kier molecular flexibility index (Phi) is 4.78. The van der Waals surface area contributed by atoms with Gasteiger partial charge in [-0.3, -0.25) is 9.59 Å². The van der Waals surface area contributed by atoms with Crippen molar-refractivity contribution in [2.45, 2.75) is 25.9 Å². The van der Waals surface area contributed by atoms with E-state index in [0.29, 0.717) is 35.9 Å². The minimum atomic E-state index is -0.136. The van der Waals surface area contributed by atoms with Gasteiger partial charge in [-0.15, -0.1) is 0 Å². The highest BCUT2D eigenvalue weighted by Gasteiger charge is 2.29. The summed E-state index contributed by atoms with van der Waals surface area (Å²) in [6.45, 7) is 0.680. The van der Waals surface area contributed by atoms with E-state index in [1.54, 1.807) is 53.8 Å². The maximum absolute atomic E-state index is 13.0. The van der Waals surface area contributed by atoms with Gasteiger partial charge in [0.2, 0.25) is 5.91 Å². The monoisotopic (exact) mass is 364 g/mol. The molecule has 138 valence electrons. The van der Waals surface area contributed by atoms with E-state index in [1.165, 1.54) is 0 Å². The number of hydrogen-bond acceptors (Lipinski definition) is 4. The molecule has 2 heterocycles. The number of benzene rings is 1. The van der Waals surface area contributed by atoms with Crippen LogP contribution in [0.4, 0.5) is 5.69 Å². The molecule has 0 spiro atoms. The van der Waals surface area contributed by atoms with Gasteiger partial charge in [-0.2, -0.15) is 0 Å². The molecule has 1 aliphatic rings. The largest absolute Gasteiger partial charge is 0.467 e. The molecular weight excluding hydrogens is 344 g/mol. The summed E-state index contributed by atoms with van der Waals surface area (Å²) in [6.07, 6.45) is 5.08. The quantitative estimate of drug-likeness (QED) is 0.686. The minimum absolute atomic E-state index is 0.0475. The van der Waals surface area contributed by atoms with Crippen molar-refractivity contribution < 1.29 is 18.4 Å². The number of carbonyl (C=O) groups is 2. The number of amides is 2. The summed E-state index contributed by atoms with van der Waals surface area (Å²) in [5, 5.41) is 2.88. The number of nitrogens with zero attached hydrogens (tertiary/aromatic N) is 1. The molecule has 1 N–H and O–H groups in total. The number of carbonyl (C=O) groups excluding carboxylic acids is 2. The van der Waals surface area contributed by atoms with Gasteiger partial charge >= 0.3 is 0 Å². The van der Waals surface area contributed by atoms with Crippen LogP contribution in [0.25, 0.3) is 0 Å². The maximum atomic E-state index is 13.0. The van der Waals surface area contributed by atoms with E-state index in [4.69, 9.17) is 8.83 Å². The SMILES string of the molecule is O=C(Nc1ccc(C(=O)N(Cc2ccco2)Cc2ccco2)cc1)C1CC1. The van der Waals surface area contributed by atoms with E-state index < -0.39 is 0 Å². The first-order valence-corrected chi connectivity index (χ1v) is 8.94. The van der Waals surface area contributed by atoms with Crippen molar-refractivity contribution in [3.63, 3.8) is 0 Å². The molecule has 6 nitrogen and oxygen atoms in total. The number of nitrogens with one attached hydrogen (secondary N) is 1. The molecule has 6 heteroatoms. The molecule has 0 unspecified atom stereocenters. The Balaban J connectivity index is 1.48. The predicted octanol–water partition coefficient (Wildman–Crippen LogP) is 4.06. The van der Waals surface area contributed by atoms with Crippen LogP contribution in [0.15, 0.2) is 69.9 Å². The molecule has 0 radical (unpaired) electrons. The normalized spacial score (nSPS) is 13.3. The molecule has 3 aromatic rings. The van der Waals surface area contributed by atoms with E-state index in [2.05, 4.69) is 5.32 Å². The Morgan fingerprint density at radius 3 is 2.00 bits per heavy atom. The van der Waals surface area contributed by atoms with E-state index in [-0.39, 0.29) is 17.7 Å². The van der Waals surface area contributed by atoms with Crippen LogP contribution in [0.2, 0.25) is 0 Å². The summed E-state index contributed by atoms with van der Waals surface area (Å²) in [4.78, 5) is 26.5. The average Bonchev–Trinajstić information content (AvgIpc) is 3.17. The van der Waals surface area contributed by atoms with Crippen molar-refractivity contribution in [2.75, 3.05) is 5.32 Å². The first-order chi connectivity index (χ1) is 13.2. The summed E-state index contributed by atoms with van der Waals surface area (Å²) in [7, 11) is 0. The van der Waals surface area contributed by atoms with Gasteiger partial charge in [0.15, 0.2) is 0 Å². The van der Waals surface area contributed by atoms with Gasteiger partial charge in [0.05, 0.1) is 25.6 Å². The third-order valence-electron chi connectivity index (χ3n) is 4.49. The van der Waals surface area contributed by atoms with Crippen LogP contribution in [-0.4, -0.2) is 16.7 Å². The molecular formula is C21H20N2O4. The smallest absolute Gasteiger partial charge is 0.254 e. The molecule has 1 aliphatic carbocycles. The van der Waals surface area contributed by atoms with E-state index in [9.17, 15) is 9.59 Å². The van der Waals surface area contributed by atoms with Gasteiger partial charge in [0, 0.05) is 17.2 Å². The minimum Gasteiger partial charge on any atom is -0.467 e. The lowest BCUT2D eigenvalue weighted by molar-refractivity contribution is -0.117. The van der Waals surface area contributed by atoms with Crippen molar-refractivity contribution in [1.29, 1.82) is 0 Å². The zero-order valence-electron chi connectivity index (χ0n) is 14.8. The highest BCUT2D eigenvalue weighted by atomic mass is 16.3. The van der Waals surface area contributed by atoms with Gasteiger partial charge in [0.1, 0.15) is 11.5 Å². The van der Waals surface area contributed by atoms with Crippen molar-refractivity contribution >= 4 is 17.5 Å². The molecule has 0 bridgehead atoms. The fourth-order valence-electron chi connectivity index (χ4n) is 2.85. The molecule has 0 atom stereocenters. The van der Waals surface area contributed by atoms with Crippen LogP contribution < -0.4 is 5.32 Å². The Morgan fingerprint density at radius 2 is 1.52 bits per heavy atom. The first kappa shape index (κ1) is 17.1. The van der Waals surface area contributed by atoms with Crippen molar-refractivity contribution in [1.82, 2.24) is 4.90 Å². The number of furan rings is 2. The van der Waals surface area contributed by atoms with E-state index in [1.807, 2.05) is 12.1 Å². The second-order valence-electron chi connectivity index (χ2n) is 6.66. The van der Waals surface area contributed by atoms with Gasteiger partial charge in [-0.1, -0.05) is 0 Å². The van der Waals surface area contributed by atoms with Crippen molar-refractivity contribution in [3.05, 3.63) is 78.1 Å². The van der Waals surface area contributed by atoms with Crippen LogP contribution >= 0.6 is 0 Å².